The van der Waals surface area contributed by atoms with E-state index in [0.29, 0.717) is 25.8 Å². The lowest BCUT2D eigenvalue weighted by molar-refractivity contribution is -0.142. The molecule has 0 heterocycles. The molecule has 0 saturated heterocycles. The minimum Gasteiger partial charge on any atom is -0.481 e. The van der Waals surface area contributed by atoms with E-state index in [1.807, 2.05) is 36.4 Å². The van der Waals surface area contributed by atoms with Gasteiger partial charge in [0.1, 0.15) is 12.2 Å². The third-order valence-electron chi connectivity index (χ3n) is 6.25. The van der Waals surface area contributed by atoms with Crippen LogP contribution in [-0.4, -0.2) is 48.1 Å². The molecule has 194 valence electrons. The van der Waals surface area contributed by atoms with E-state index < -0.39 is 35.7 Å². The molecule has 0 aromatic heterocycles. The lowest BCUT2D eigenvalue weighted by Gasteiger charge is -2.23. The van der Waals surface area contributed by atoms with Crippen LogP contribution in [0.1, 0.15) is 64.0 Å². The first kappa shape index (κ1) is 27.0. The molecule has 0 radical (unpaired) electrons. The summed E-state index contributed by atoms with van der Waals surface area (Å²) in [5.74, 6) is -1.85. The number of benzene rings is 2. The van der Waals surface area contributed by atoms with Gasteiger partial charge in [-0.2, -0.15) is 0 Å². The molecule has 8 heteroatoms. The number of alkyl carbamates (subject to hydrolysis) is 2. The number of hydrogen-bond acceptors (Lipinski definition) is 5. The second-order valence-electron chi connectivity index (χ2n) is 10.1. The van der Waals surface area contributed by atoms with Gasteiger partial charge in [0.15, 0.2) is 0 Å². The van der Waals surface area contributed by atoms with Crippen molar-refractivity contribution in [1.82, 2.24) is 10.6 Å². The van der Waals surface area contributed by atoms with Gasteiger partial charge in [0.05, 0.1) is 5.92 Å². The molecule has 0 bridgehead atoms. The zero-order chi connectivity index (χ0) is 26.3. The van der Waals surface area contributed by atoms with Crippen LogP contribution in [0.15, 0.2) is 48.5 Å². The fourth-order valence-electron chi connectivity index (χ4n) is 4.40. The molecule has 0 aliphatic heterocycles. The van der Waals surface area contributed by atoms with Gasteiger partial charge in [-0.25, -0.2) is 9.59 Å². The van der Waals surface area contributed by atoms with Crippen molar-refractivity contribution in [2.45, 2.75) is 64.5 Å². The Morgan fingerprint density at radius 3 is 2.08 bits per heavy atom. The maximum Gasteiger partial charge on any atom is 0.407 e. The molecular weight excluding hydrogens is 460 g/mol. The van der Waals surface area contributed by atoms with E-state index >= 15 is 0 Å². The molecule has 2 amide bonds. The number of carbonyl (C=O) groups excluding carboxylic acids is 2. The van der Waals surface area contributed by atoms with Gasteiger partial charge in [0.25, 0.3) is 0 Å². The number of rotatable bonds is 10. The number of hydrogen-bond donors (Lipinski definition) is 3. The fourth-order valence-corrected chi connectivity index (χ4v) is 4.40. The van der Waals surface area contributed by atoms with E-state index in [-0.39, 0.29) is 12.5 Å². The Labute approximate surface area is 212 Å². The molecular formula is C28H36N2O6. The van der Waals surface area contributed by atoms with Crippen LogP contribution in [0.5, 0.6) is 0 Å². The van der Waals surface area contributed by atoms with E-state index in [1.54, 1.807) is 27.7 Å². The summed E-state index contributed by atoms with van der Waals surface area (Å²) in [5, 5.41) is 14.9. The van der Waals surface area contributed by atoms with Gasteiger partial charge in [-0.3, -0.25) is 4.79 Å². The molecule has 0 unspecified atom stereocenters. The van der Waals surface area contributed by atoms with Crippen molar-refractivity contribution in [3.8, 4) is 11.1 Å². The molecule has 0 fully saturated rings. The van der Waals surface area contributed by atoms with Gasteiger partial charge in [0.2, 0.25) is 0 Å². The lowest BCUT2D eigenvalue weighted by Crippen LogP contribution is -2.43. The van der Waals surface area contributed by atoms with Crippen LogP contribution in [0.25, 0.3) is 11.1 Å². The van der Waals surface area contributed by atoms with Crippen molar-refractivity contribution >= 4 is 18.2 Å². The van der Waals surface area contributed by atoms with E-state index in [9.17, 15) is 19.5 Å². The van der Waals surface area contributed by atoms with Crippen molar-refractivity contribution in [1.29, 1.82) is 0 Å². The maximum atomic E-state index is 12.7. The highest BCUT2D eigenvalue weighted by atomic mass is 16.6. The average molecular weight is 497 g/mol. The van der Waals surface area contributed by atoms with Crippen LogP contribution in [-0.2, 0) is 14.3 Å². The maximum absolute atomic E-state index is 12.7. The number of nitrogens with one attached hydrogen (secondary N) is 2. The Morgan fingerprint density at radius 2 is 1.53 bits per heavy atom. The summed E-state index contributed by atoms with van der Waals surface area (Å²) >= 11 is 0. The fraction of sp³-hybridized carbons (Fsp3) is 0.464. The van der Waals surface area contributed by atoms with Crippen LogP contribution in [0.3, 0.4) is 0 Å². The Hall–Kier alpha value is -3.55. The van der Waals surface area contributed by atoms with Gasteiger partial charge in [-0.05, 0) is 69.2 Å². The van der Waals surface area contributed by atoms with Crippen molar-refractivity contribution in [2.24, 2.45) is 5.92 Å². The number of ether oxygens (including phenoxy) is 2. The molecule has 1 aliphatic rings. The Morgan fingerprint density at radius 1 is 0.944 bits per heavy atom. The minimum absolute atomic E-state index is 0.0718. The largest absolute Gasteiger partial charge is 0.481 e. The van der Waals surface area contributed by atoms with Crippen molar-refractivity contribution in [3.63, 3.8) is 0 Å². The van der Waals surface area contributed by atoms with Crippen molar-refractivity contribution in [2.75, 3.05) is 13.2 Å². The highest BCUT2D eigenvalue weighted by Crippen LogP contribution is 2.44. The normalized spacial score (nSPS) is 14.2. The van der Waals surface area contributed by atoms with Gasteiger partial charge in [-0.15, -0.1) is 0 Å². The predicted octanol–water partition coefficient (Wildman–Crippen LogP) is 5.31. The minimum atomic E-state index is -0.995. The highest BCUT2D eigenvalue weighted by molar-refractivity contribution is 5.79. The molecule has 0 spiro atoms. The second-order valence-corrected chi connectivity index (χ2v) is 10.1. The van der Waals surface area contributed by atoms with Gasteiger partial charge >= 0.3 is 18.2 Å². The Balaban J connectivity index is 1.52. The predicted molar refractivity (Wildman–Crippen MR) is 137 cm³/mol. The first-order valence-electron chi connectivity index (χ1n) is 12.4. The highest BCUT2D eigenvalue weighted by Gasteiger charge is 2.30. The molecule has 3 N–H and O–H groups in total. The van der Waals surface area contributed by atoms with Gasteiger partial charge in [0, 0.05) is 18.5 Å². The number of carboxylic acids is 1. The molecule has 0 saturated carbocycles. The molecule has 2 aromatic rings. The second kappa shape index (κ2) is 11.9. The number of amides is 2. The SMILES string of the molecule is C[C@H](C(=O)O)[C@@H](CCCCNC(=O)OC(C)(C)C)NC(=O)OCC1c2ccccc2-c2ccccc21. The summed E-state index contributed by atoms with van der Waals surface area (Å²) in [4.78, 5) is 36.0. The summed E-state index contributed by atoms with van der Waals surface area (Å²) < 4.78 is 10.8. The van der Waals surface area contributed by atoms with E-state index in [4.69, 9.17) is 9.47 Å². The van der Waals surface area contributed by atoms with Crippen LogP contribution < -0.4 is 10.6 Å². The summed E-state index contributed by atoms with van der Waals surface area (Å²) in [7, 11) is 0. The van der Waals surface area contributed by atoms with Crippen molar-refractivity contribution in [3.05, 3.63) is 59.7 Å². The topological polar surface area (TPSA) is 114 Å². The van der Waals surface area contributed by atoms with Crippen LogP contribution in [0.4, 0.5) is 9.59 Å². The number of unbranched alkanes of at least 4 members (excludes halogenated alkanes) is 1. The lowest BCUT2D eigenvalue weighted by atomic mass is 9.96. The molecule has 8 nitrogen and oxygen atoms in total. The first-order chi connectivity index (χ1) is 17.1. The molecule has 2 atom stereocenters. The number of carboxylic acid groups (broad SMARTS) is 1. The Bertz CT molecular complexity index is 1030. The zero-order valence-electron chi connectivity index (χ0n) is 21.4. The number of fused-ring (bicyclic) bond motifs is 3. The summed E-state index contributed by atoms with van der Waals surface area (Å²) in [6.45, 7) is 7.50. The molecule has 2 aromatic carbocycles. The quantitative estimate of drug-likeness (QED) is 0.384. The first-order valence-corrected chi connectivity index (χ1v) is 12.4. The third-order valence-corrected chi connectivity index (χ3v) is 6.25. The summed E-state index contributed by atoms with van der Waals surface area (Å²) in [6.07, 6.45) is 0.542. The third kappa shape index (κ3) is 7.23. The number of carbonyl (C=O) groups is 3. The standard InChI is InChI=1S/C28H36N2O6/c1-18(25(31)32)24(15-9-10-16-29-26(33)36-28(2,3)4)30-27(34)35-17-23-21-13-7-5-11-19(21)20-12-6-8-14-22(20)23/h5-8,11-14,18,23-24H,9-10,15-17H2,1-4H3,(H,29,33)(H,30,34)(H,31,32)/t18-,24+/m0/s1. The van der Waals surface area contributed by atoms with E-state index in [0.717, 1.165) is 22.3 Å². The summed E-state index contributed by atoms with van der Waals surface area (Å²) in [6, 6.07) is 15.6. The molecule has 1 aliphatic carbocycles. The van der Waals surface area contributed by atoms with Crippen LogP contribution in [0, 0.1) is 5.92 Å². The van der Waals surface area contributed by atoms with Crippen LogP contribution in [0.2, 0.25) is 0 Å². The summed E-state index contributed by atoms with van der Waals surface area (Å²) in [5.41, 5.74) is 3.93. The molecule has 3 rings (SSSR count). The van der Waals surface area contributed by atoms with Crippen molar-refractivity contribution < 1.29 is 29.0 Å². The number of aliphatic carboxylic acids is 1. The van der Waals surface area contributed by atoms with Gasteiger partial charge < -0.3 is 25.2 Å². The zero-order valence-corrected chi connectivity index (χ0v) is 21.4. The average Bonchev–Trinajstić information content (AvgIpc) is 3.14. The smallest absolute Gasteiger partial charge is 0.407 e. The van der Waals surface area contributed by atoms with Crippen LogP contribution >= 0.6 is 0 Å². The molecule has 36 heavy (non-hydrogen) atoms. The monoisotopic (exact) mass is 496 g/mol. The van der Waals surface area contributed by atoms with E-state index in [1.165, 1.54) is 0 Å². The Kier molecular flexibility index (Phi) is 8.96. The van der Waals surface area contributed by atoms with Gasteiger partial charge in [-0.1, -0.05) is 48.5 Å². The van der Waals surface area contributed by atoms with E-state index in [2.05, 4.69) is 22.8 Å².